The van der Waals surface area contributed by atoms with E-state index in [9.17, 15) is 4.79 Å². The summed E-state index contributed by atoms with van der Waals surface area (Å²) >= 11 is 0. The molecule has 0 saturated carbocycles. The monoisotopic (exact) mass is 363 g/mol. The van der Waals surface area contributed by atoms with Crippen LogP contribution in [0.25, 0.3) is 11.0 Å². The van der Waals surface area contributed by atoms with Crippen LogP contribution >= 0.6 is 0 Å². The number of fused-ring (bicyclic) bond motifs is 1. The van der Waals surface area contributed by atoms with Gasteiger partial charge in [-0.3, -0.25) is 14.8 Å². The molecule has 1 saturated heterocycles. The van der Waals surface area contributed by atoms with E-state index >= 15 is 0 Å². The van der Waals surface area contributed by atoms with E-state index in [2.05, 4.69) is 19.9 Å². The standard InChI is InChI=1S/C20H21N5O2/c1-13-11-19(24-14(2)23-13)27-16-5-9-25(10-6-16)20(26)15-3-4-17-18(12-15)22-8-7-21-17/h3-4,7-8,11-12,16H,5-6,9-10H2,1-2H3. The molecule has 0 aliphatic carbocycles. The average Bonchev–Trinajstić information content (AvgIpc) is 2.67. The molecular formula is C20H21N5O2. The smallest absolute Gasteiger partial charge is 0.253 e. The summed E-state index contributed by atoms with van der Waals surface area (Å²) in [6, 6.07) is 7.31. The zero-order valence-electron chi connectivity index (χ0n) is 15.4. The lowest BCUT2D eigenvalue weighted by Crippen LogP contribution is -2.41. The van der Waals surface area contributed by atoms with Crippen molar-refractivity contribution in [1.82, 2.24) is 24.8 Å². The number of nitrogens with zero attached hydrogens (tertiary/aromatic N) is 5. The normalized spacial score (nSPS) is 15.1. The molecule has 27 heavy (non-hydrogen) atoms. The molecule has 0 radical (unpaired) electrons. The third-order valence-electron chi connectivity index (χ3n) is 4.68. The van der Waals surface area contributed by atoms with Gasteiger partial charge in [0.2, 0.25) is 5.88 Å². The maximum atomic E-state index is 12.8. The molecule has 1 fully saturated rings. The molecule has 7 nitrogen and oxygen atoms in total. The molecule has 1 aromatic carbocycles. The van der Waals surface area contributed by atoms with E-state index in [0.717, 1.165) is 29.6 Å². The van der Waals surface area contributed by atoms with Gasteiger partial charge in [-0.2, -0.15) is 4.98 Å². The lowest BCUT2D eigenvalue weighted by atomic mass is 10.1. The molecule has 4 rings (SSSR count). The molecule has 1 aliphatic heterocycles. The van der Waals surface area contributed by atoms with Crippen LogP contribution in [-0.2, 0) is 0 Å². The Kier molecular flexibility index (Phi) is 4.66. The van der Waals surface area contributed by atoms with Gasteiger partial charge in [0.1, 0.15) is 11.9 Å². The number of piperidine rings is 1. The molecule has 7 heteroatoms. The van der Waals surface area contributed by atoms with Gasteiger partial charge in [0.25, 0.3) is 5.91 Å². The van der Waals surface area contributed by atoms with Crippen molar-refractivity contribution < 1.29 is 9.53 Å². The zero-order valence-corrected chi connectivity index (χ0v) is 15.4. The van der Waals surface area contributed by atoms with Gasteiger partial charge in [-0.1, -0.05) is 0 Å². The highest BCUT2D eigenvalue weighted by molar-refractivity contribution is 5.97. The second-order valence-electron chi connectivity index (χ2n) is 6.76. The van der Waals surface area contributed by atoms with Gasteiger partial charge in [-0.15, -0.1) is 0 Å². The van der Waals surface area contributed by atoms with Gasteiger partial charge < -0.3 is 9.64 Å². The van der Waals surface area contributed by atoms with Crippen molar-refractivity contribution in [2.75, 3.05) is 13.1 Å². The molecule has 1 aliphatic rings. The van der Waals surface area contributed by atoms with Crippen LogP contribution in [0.1, 0.15) is 34.7 Å². The Morgan fingerprint density at radius 1 is 1.04 bits per heavy atom. The molecule has 0 spiro atoms. The number of carbonyl (C=O) groups is 1. The molecule has 3 aromatic rings. The molecule has 3 heterocycles. The van der Waals surface area contributed by atoms with E-state index in [1.54, 1.807) is 18.5 Å². The first-order valence-corrected chi connectivity index (χ1v) is 9.07. The van der Waals surface area contributed by atoms with Crippen molar-refractivity contribution in [3.05, 3.63) is 53.7 Å². The Bertz CT molecular complexity index is 963. The highest BCUT2D eigenvalue weighted by Gasteiger charge is 2.25. The van der Waals surface area contributed by atoms with E-state index in [4.69, 9.17) is 4.74 Å². The van der Waals surface area contributed by atoms with E-state index in [-0.39, 0.29) is 12.0 Å². The Balaban J connectivity index is 1.40. The third kappa shape index (κ3) is 3.86. The van der Waals surface area contributed by atoms with Crippen LogP contribution in [0.2, 0.25) is 0 Å². The number of ether oxygens (including phenoxy) is 1. The Morgan fingerprint density at radius 3 is 2.52 bits per heavy atom. The Hall–Kier alpha value is -3.09. The summed E-state index contributed by atoms with van der Waals surface area (Å²) in [6.45, 7) is 5.10. The molecule has 1 amide bonds. The van der Waals surface area contributed by atoms with Gasteiger partial charge >= 0.3 is 0 Å². The summed E-state index contributed by atoms with van der Waals surface area (Å²) in [4.78, 5) is 31.8. The van der Waals surface area contributed by atoms with Crippen LogP contribution in [0.15, 0.2) is 36.7 Å². The zero-order chi connectivity index (χ0) is 18.8. The van der Waals surface area contributed by atoms with Crippen molar-refractivity contribution in [1.29, 1.82) is 0 Å². The summed E-state index contributed by atoms with van der Waals surface area (Å²) in [7, 11) is 0. The molecule has 2 aromatic heterocycles. The minimum absolute atomic E-state index is 0.0229. The second-order valence-corrected chi connectivity index (χ2v) is 6.76. The quantitative estimate of drug-likeness (QED) is 0.712. The number of aromatic nitrogens is 4. The fourth-order valence-electron chi connectivity index (χ4n) is 3.37. The maximum absolute atomic E-state index is 12.8. The summed E-state index contributed by atoms with van der Waals surface area (Å²) in [5.74, 6) is 1.34. The number of hydrogen-bond donors (Lipinski definition) is 0. The highest BCUT2D eigenvalue weighted by atomic mass is 16.5. The van der Waals surface area contributed by atoms with Crippen LogP contribution in [-0.4, -0.2) is 49.9 Å². The van der Waals surface area contributed by atoms with Crippen molar-refractivity contribution in [2.45, 2.75) is 32.8 Å². The maximum Gasteiger partial charge on any atom is 0.253 e. The number of rotatable bonds is 3. The summed E-state index contributed by atoms with van der Waals surface area (Å²) in [5, 5.41) is 0. The SMILES string of the molecule is Cc1cc(OC2CCN(C(=O)c3ccc4nccnc4c3)CC2)nc(C)n1. The molecule has 0 atom stereocenters. The molecule has 0 unspecified atom stereocenters. The fourth-order valence-corrected chi connectivity index (χ4v) is 3.37. The van der Waals surface area contributed by atoms with Crippen molar-refractivity contribution in [2.24, 2.45) is 0 Å². The van der Waals surface area contributed by atoms with Crippen LogP contribution in [0.3, 0.4) is 0 Å². The minimum atomic E-state index is 0.0229. The van der Waals surface area contributed by atoms with Crippen molar-refractivity contribution >= 4 is 16.9 Å². The lowest BCUT2D eigenvalue weighted by molar-refractivity contribution is 0.0587. The fraction of sp³-hybridized carbons (Fsp3) is 0.350. The van der Waals surface area contributed by atoms with E-state index in [1.807, 2.05) is 36.9 Å². The molecule has 0 bridgehead atoms. The Morgan fingerprint density at radius 2 is 1.78 bits per heavy atom. The summed E-state index contributed by atoms with van der Waals surface area (Å²) < 4.78 is 6.00. The summed E-state index contributed by atoms with van der Waals surface area (Å²) in [5.41, 5.74) is 3.06. The minimum Gasteiger partial charge on any atom is -0.474 e. The predicted octanol–water partition coefficient (Wildman–Crippen LogP) is 2.72. The van der Waals surface area contributed by atoms with Crippen LogP contribution in [0, 0.1) is 13.8 Å². The second kappa shape index (κ2) is 7.26. The number of hydrogen-bond acceptors (Lipinski definition) is 6. The van der Waals surface area contributed by atoms with Gasteiger partial charge in [-0.25, -0.2) is 4.98 Å². The van der Waals surface area contributed by atoms with E-state index in [0.29, 0.717) is 30.4 Å². The van der Waals surface area contributed by atoms with Crippen molar-refractivity contribution in [3.63, 3.8) is 0 Å². The van der Waals surface area contributed by atoms with Crippen LogP contribution in [0.4, 0.5) is 0 Å². The summed E-state index contributed by atoms with van der Waals surface area (Å²) in [6.07, 6.45) is 4.90. The number of aryl methyl sites for hydroxylation is 2. The molecule has 138 valence electrons. The van der Waals surface area contributed by atoms with Crippen LogP contribution < -0.4 is 4.74 Å². The highest BCUT2D eigenvalue weighted by Crippen LogP contribution is 2.20. The Labute approximate surface area is 157 Å². The van der Waals surface area contributed by atoms with E-state index in [1.165, 1.54) is 0 Å². The van der Waals surface area contributed by atoms with E-state index < -0.39 is 0 Å². The molecule has 0 N–H and O–H groups in total. The largest absolute Gasteiger partial charge is 0.474 e. The lowest BCUT2D eigenvalue weighted by Gasteiger charge is -2.32. The van der Waals surface area contributed by atoms with Gasteiger partial charge in [-0.05, 0) is 32.0 Å². The molecular weight excluding hydrogens is 342 g/mol. The number of carbonyl (C=O) groups excluding carboxylic acids is 1. The topological polar surface area (TPSA) is 81.1 Å². The van der Waals surface area contributed by atoms with Crippen LogP contribution in [0.5, 0.6) is 5.88 Å². The first-order chi connectivity index (χ1) is 13.1. The van der Waals surface area contributed by atoms with Gasteiger partial charge in [0, 0.05) is 55.6 Å². The third-order valence-corrected chi connectivity index (χ3v) is 4.68. The number of benzene rings is 1. The number of likely N-dealkylation sites (tertiary alicyclic amines) is 1. The average molecular weight is 363 g/mol. The van der Waals surface area contributed by atoms with Gasteiger partial charge in [0.15, 0.2) is 0 Å². The predicted molar refractivity (Wildman–Crippen MR) is 101 cm³/mol. The van der Waals surface area contributed by atoms with Crippen molar-refractivity contribution in [3.8, 4) is 5.88 Å². The first kappa shape index (κ1) is 17.3. The number of amides is 1. The first-order valence-electron chi connectivity index (χ1n) is 9.07. The van der Waals surface area contributed by atoms with Gasteiger partial charge in [0.05, 0.1) is 11.0 Å².